The molecule has 0 saturated heterocycles. The number of halogens is 3. The Hall–Kier alpha value is -3.06. The van der Waals surface area contributed by atoms with Crippen molar-refractivity contribution in [1.82, 2.24) is 0 Å². The van der Waals surface area contributed by atoms with E-state index in [1.54, 1.807) is 18.2 Å². The van der Waals surface area contributed by atoms with Crippen molar-refractivity contribution in [3.8, 4) is 16.9 Å². The summed E-state index contributed by atoms with van der Waals surface area (Å²) in [6, 6.07) is 19.6. The van der Waals surface area contributed by atoms with Crippen molar-refractivity contribution in [3.05, 3.63) is 77.9 Å². The Labute approximate surface area is 170 Å². The zero-order chi connectivity index (χ0) is 21.1. The lowest BCUT2D eigenvalue weighted by Crippen LogP contribution is -2.28. The van der Waals surface area contributed by atoms with Gasteiger partial charge < -0.3 is 4.18 Å². The molecule has 4 aromatic carbocycles. The number of rotatable bonds is 3. The molecule has 0 saturated carbocycles. The van der Waals surface area contributed by atoms with E-state index in [9.17, 15) is 21.6 Å². The van der Waals surface area contributed by atoms with Gasteiger partial charge in [-0.1, -0.05) is 60.7 Å². The molecule has 1 aliphatic carbocycles. The molecule has 152 valence electrons. The molecule has 4 aromatic rings. The fourth-order valence-corrected chi connectivity index (χ4v) is 4.70. The highest BCUT2D eigenvalue weighted by atomic mass is 32.2. The molecule has 0 fully saturated rings. The van der Waals surface area contributed by atoms with Crippen LogP contribution in [0.3, 0.4) is 0 Å². The van der Waals surface area contributed by atoms with Crippen LogP contribution >= 0.6 is 0 Å². The maximum atomic E-state index is 13.0. The van der Waals surface area contributed by atoms with Gasteiger partial charge in [0.2, 0.25) is 0 Å². The van der Waals surface area contributed by atoms with Crippen LogP contribution in [0, 0.1) is 0 Å². The Morgan fingerprint density at radius 2 is 1.47 bits per heavy atom. The predicted octanol–water partition coefficient (Wildman–Crippen LogP) is 5.99. The molecule has 0 aliphatic heterocycles. The van der Waals surface area contributed by atoms with Crippen molar-refractivity contribution < 1.29 is 25.8 Å². The monoisotopic (exact) mass is 428 g/mol. The van der Waals surface area contributed by atoms with Gasteiger partial charge in [-0.05, 0) is 57.1 Å². The maximum Gasteiger partial charge on any atom is 0.534 e. The largest absolute Gasteiger partial charge is 0.534 e. The van der Waals surface area contributed by atoms with Crippen molar-refractivity contribution >= 4 is 31.7 Å². The van der Waals surface area contributed by atoms with Gasteiger partial charge in [-0.25, -0.2) is 0 Å². The van der Waals surface area contributed by atoms with Crippen LogP contribution in [0.5, 0.6) is 5.75 Å². The topological polar surface area (TPSA) is 43.4 Å². The first-order valence-corrected chi connectivity index (χ1v) is 10.7. The summed E-state index contributed by atoms with van der Waals surface area (Å²) >= 11 is 0. The van der Waals surface area contributed by atoms with E-state index < -0.39 is 15.6 Å². The molecular formula is C23H15F3O3S. The van der Waals surface area contributed by atoms with Crippen molar-refractivity contribution in [1.29, 1.82) is 0 Å². The Balaban J connectivity index is 1.84. The minimum atomic E-state index is -5.81. The summed E-state index contributed by atoms with van der Waals surface area (Å²) in [7, 11) is -5.81. The highest BCUT2D eigenvalue weighted by Crippen LogP contribution is 2.44. The normalized spacial score (nSPS) is 13.8. The minimum Gasteiger partial charge on any atom is -0.375 e. The lowest BCUT2D eigenvalue weighted by Gasteiger charge is -2.17. The molecule has 7 heteroatoms. The SMILES string of the molecule is O=S(=O)(Oc1ccc2ccccc2c1-c1ccc2c3c(cccc13)CC2)C(F)(F)F. The number of aryl methyl sites for hydroxylation is 2. The highest BCUT2D eigenvalue weighted by Gasteiger charge is 2.49. The Kier molecular flexibility index (Phi) is 4.08. The standard InChI is InChI=1S/C23H15F3O3S/c24-23(25,26)30(27,28)29-20-13-11-14-4-1-2-6-17(14)22(20)19-12-10-16-9-8-15-5-3-7-18(19)21(15)16/h1-7,10-13H,8-9H2. The first kappa shape index (κ1) is 18.9. The van der Waals surface area contributed by atoms with E-state index in [0.717, 1.165) is 29.0 Å². The molecule has 0 bridgehead atoms. The van der Waals surface area contributed by atoms with Crippen molar-refractivity contribution in [2.45, 2.75) is 18.3 Å². The van der Waals surface area contributed by atoms with Crippen LogP contribution in [0.2, 0.25) is 0 Å². The van der Waals surface area contributed by atoms with Crippen molar-refractivity contribution in [2.24, 2.45) is 0 Å². The molecule has 0 N–H and O–H groups in total. The Morgan fingerprint density at radius 3 is 2.23 bits per heavy atom. The average molecular weight is 428 g/mol. The summed E-state index contributed by atoms with van der Waals surface area (Å²) in [4.78, 5) is 0. The summed E-state index contributed by atoms with van der Waals surface area (Å²) in [5, 5.41) is 3.33. The van der Waals surface area contributed by atoms with E-state index in [-0.39, 0.29) is 5.75 Å². The van der Waals surface area contributed by atoms with Crippen molar-refractivity contribution in [3.63, 3.8) is 0 Å². The van der Waals surface area contributed by atoms with Gasteiger partial charge in [-0.3, -0.25) is 0 Å². The molecule has 0 aromatic heterocycles. The van der Waals surface area contributed by atoms with Gasteiger partial charge in [-0.15, -0.1) is 0 Å². The Morgan fingerprint density at radius 1 is 0.767 bits per heavy atom. The van der Waals surface area contributed by atoms with Gasteiger partial charge in [0, 0.05) is 5.56 Å². The molecular weight excluding hydrogens is 413 g/mol. The van der Waals surface area contributed by atoms with Crippen LogP contribution in [0.25, 0.3) is 32.7 Å². The number of hydrogen-bond donors (Lipinski definition) is 0. The molecule has 0 amide bonds. The molecule has 0 spiro atoms. The van der Waals surface area contributed by atoms with Crippen LogP contribution in [0.15, 0.2) is 66.7 Å². The molecule has 0 heterocycles. The van der Waals surface area contributed by atoms with Gasteiger partial charge in [0.05, 0.1) is 0 Å². The van der Waals surface area contributed by atoms with Crippen LogP contribution in [-0.4, -0.2) is 13.9 Å². The van der Waals surface area contributed by atoms with E-state index >= 15 is 0 Å². The first-order chi connectivity index (χ1) is 14.3. The van der Waals surface area contributed by atoms with E-state index in [1.165, 1.54) is 17.2 Å². The Bertz CT molecular complexity index is 1410. The lowest BCUT2D eigenvalue weighted by molar-refractivity contribution is -0.0499. The average Bonchev–Trinajstić information content (AvgIpc) is 3.13. The maximum absolute atomic E-state index is 13.0. The van der Waals surface area contributed by atoms with Crippen LogP contribution in [-0.2, 0) is 23.0 Å². The second-order valence-electron chi connectivity index (χ2n) is 7.25. The molecule has 3 nitrogen and oxygen atoms in total. The van der Waals surface area contributed by atoms with E-state index in [2.05, 4.69) is 4.18 Å². The summed E-state index contributed by atoms with van der Waals surface area (Å²) in [5.74, 6) is -0.343. The third-order valence-corrected chi connectivity index (χ3v) is 6.49. The number of hydrogen-bond acceptors (Lipinski definition) is 3. The van der Waals surface area contributed by atoms with Gasteiger partial charge in [0.25, 0.3) is 0 Å². The summed E-state index contributed by atoms with van der Waals surface area (Å²) in [6.07, 6.45) is 1.80. The third-order valence-electron chi connectivity index (χ3n) is 5.52. The molecule has 0 radical (unpaired) electrons. The quantitative estimate of drug-likeness (QED) is 0.298. The van der Waals surface area contributed by atoms with Crippen LogP contribution in [0.1, 0.15) is 11.1 Å². The number of fused-ring (bicyclic) bond motifs is 1. The highest BCUT2D eigenvalue weighted by molar-refractivity contribution is 7.88. The lowest BCUT2D eigenvalue weighted by atomic mass is 9.91. The van der Waals surface area contributed by atoms with Gasteiger partial charge in [0.15, 0.2) is 5.75 Å². The van der Waals surface area contributed by atoms with E-state index in [4.69, 9.17) is 0 Å². The second-order valence-corrected chi connectivity index (χ2v) is 8.79. The van der Waals surface area contributed by atoms with Gasteiger partial charge in [0.1, 0.15) is 0 Å². The zero-order valence-corrected chi connectivity index (χ0v) is 16.3. The minimum absolute atomic E-state index is 0.330. The van der Waals surface area contributed by atoms with Gasteiger partial charge in [-0.2, -0.15) is 21.6 Å². The summed E-state index contributed by atoms with van der Waals surface area (Å²) in [6.45, 7) is 0. The molecule has 1 aliphatic rings. The number of benzene rings is 4. The first-order valence-electron chi connectivity index (χ1n) is 9.33. The van der Waals surface area contributed by atoms with Gasteiger partial charge >= 0.3 is 15.6 Å². The number of alkyl halides is 3. The molecule has 0 unspecified atom stereocenters. The van der Waals surface area contributed by atoms with Crippen molar-refractivity contribution in [2.75, 3.05) is 0 Å². The smallest absolute Gasteiger partial charge is 0.375 e. The molecule has 30 heavy (non-hydrogen) atoms. The fraction of sp³-hybridized carbons (Fsp3) is 0.130. The molecule has 5 rings (SSSR count). The molecule has 0 atom stereocenters. The van der Waals surface area contributed by atoms with E-state index in [0.29, 0.717) is 16.5 Å². The second kappa shape index (κ2) is 6.47. The zero-order valence-electron chi connectivity index (χ0n) is 15.5. The summed E-state index contributed by atoms with van der Waals surface area (Å²) < 4.78 is 67.2. The summed E-state index contributed by atoms with van der Waals surface area (Å²) in [5.41, 5.74) is -2.19. The fourth-order valence-electron chi connectivity index (χ4n) is 4.23. The van der Waals surface area contributed by atoms with Crippen LogP contribution < -0.4 is 4.18 Å². The van der Waals surface area contributed by atoms with E-state index in [1.807, 2.05) is 42.5 Å². The predicted molar refractivity (Wildman–Crippen MR) is 110 cm³/mol. The van der Waals surface area contributed by atoms with Crippen LogP contribution in [0.4, 0.5) is 13.2 Å². The third kappa shape index (κ3) is 2.84.